The van der Waals surface area contributed by atoms with E-state index in [-0.39, 0.29) is 5.69 Å². The predicted molar refractivity (Wildman–Crippen MR) is 58.8 cm³/mol. The van der Waals surface area contributed by atoms with Crippen LogP contribution in [0.4, 0.5) is 27.6 Å². The van der Waals surface area contributed by atoms with E-state index in [0.717, 1.165) is 0 Å². The summed E-state index contributed by atoms with van der Waals surface area (Å²) >= 11 is 1.70. The van der Waals surface area contributed by atoms with Gasteiger partial charge in [-0.15, -0.1) is 0 Å². The third-order valence-electron chi connectivity index (χ3n) is 1.76. The van der Waals surface area contributed by atoms with Gasteiger partial charge in [0.2, 0.25) is 0 Å². The Morgan fingerprint density at radius 1 is 1.12 bits per heavy atom. The lowest BCUT2D eigenvalue weighted by molar-refractivity contribution is -0.267. The zero-order valence-electron chi connectivity index (χ0n) is 7.99. The van der Waals surface area contributed by atoms with Crippen molar-refractivity contribution in [3.8, 4) is 0 Å². The van der Waals surface area contributed by atoms with Crippen molar-refractivity contribution >= 4 is 34.2 Å². The fourth-order valence-corrected chi connectivity index (χ4v) is 1.41. The van der Waals surface area contributed by atoms with Crippen molar-refractivity contribution in [2.24, 2.45) is 0 Å². The first-order valence-electron chi connectivity index (χ1n) is 4.17. The van der Waals surface area contributed by atoms with Gasteiger partial charge in [-0.3, -0.25) is 4.79 Å². The molecule has 1 N–H and O–H groups in total. The van der Waals surface area contributed by atoms with Crippen LogP contribution >= 0.6 is 22.6 Å². The van der Waals surface area contributed by atoms with Crippen molar-refractivity contribution in [3.05, 3.63) is 27.8 Å². The lowest BCUT2D eigenvalue weighted by atomic mass is 10.2. The summed E-state index contributed by atoms with van der Waals surface area (Å²) in [5.41, 5.74) is -0.0953. The van der Waals surface area contributed by atoms with Crippen LogP contribution in [0, 0.1) is 3.57 Å². The number of hydrogen-bond donors (Lipinski definition) is 1. The molecule has 0 heterocycles. The summed E-state index contributed by atoms with van der Waals surface area (Å²) in [6.45, 7) is 0. The lowest BCUT2D eigenvalue weighted by Gasteiger charge is -2.19. The summed E-state index contributed by atoms with van der Waals surface area (Å²) in [5, 5.41) is 1.54. The second kappa shape index (κ2) is 4.75. The maximum Gasteiger partial charge on any atom is 0.463 e. The van der Waals surface area contributed by atoms with E-state index >= 15 is 0 Å². The molecule has 0 saturated carbocycles. The molecular weight excluding hydrogens is 360 g/mol. The van der Waals surface area contributed by atoms with Crippen molar-refractivity contribution in [2.75, 3.05) is 5.32 Å². The van der Waals surface area contributed by atoms with Gasteiger partial charge in [0.15, 0.2) is 0 Å². The molecule has 0 saturated heterocycles. The van der Waals surface area contributed by atoms with Gasteiger partial charge >= 0.3 is 18.0 Å². The molecule has 8 heteroatoms. The first kappa shape index (κ1) is 14.1. The van der Waals surface area contributed by atoms with E-state index in [2.05, 4.69) is 0 Å². The molecule has 0 aromatic heterocycles. The van der Waals surface area contributed by atoms with Crippen LogP contribution in [0.25, 0.3) is 0 Å². The molecule has 0 bridgehead atoms. The summed E-state index contributed by atoms with van der Waals surface area (Å²) in [6.07, 6.45) is -5.91. The summed E-state index contributed by atoms with van der Waals surface area (Å²) < 4.78 is 61.2. The van der Waals surface area contributed by atoms with Gasteiger partial charge in [-0.2, -0.15) is 22.0 Å². The SMILES string of the molecule is O=C(Nc1ccccc1I)C(F)(F)C(F)(F)F. The zero-order valence-corrected chi connectivity index (χ0v) is 10.1. The first-order chi connectivity index (χ1) is 7.66. The molecule has 1 amide bonds. The average molecular weight is 365 g/mol. The standard InChI is InChI=1S/C9H5F5INO/c10-8(11,9(12,13)14)7(17)16-6-4-2-1-3-5(6)15/h1-4H,(H,16,17). The van der Waals surface area contributed by atoms with Gasteiger partial charge in [0.05, 0.1) is 5.69 Å². The molecule has 1 rings (SSSR count). The highest BCUT2D eigenvalue weighted by Crippen LogP contribution is 2.36. The number of rotatable bonds is 2. The van der Waals surface area contributed by atoms with Crippen LogP contribution < -0.4 is 5.32 Å². The highest BCUT2D eigenvalue weighted by molar-refractivity contribution is 14.1. The molecule has 0 spiro atoms. The molecule has 1 aromatic carbocycles. The second-order valence-corrected chi connectivity index (χ2v) is 4.17. The molecule has 0 aliphatic heterocycles. The van der Waals surface area contributed by atoms with Crippen molar-refractivity contribution in [1.82, 2.24) is 0 Å². The highest BCUT2D eigenvalue weighted by atomic mass is 127. The molecular formula is C9H5F5INO. The Morgan fingerprint density at radius 3 is 2.12 bits per heavy atom. The summed E-state index contributed by atoms with van der Waals surface area (Å²) in [7, 11) is 0. The van der Waals surface area contributed by atoms with E-state index < -0.39 is 18.0 Å². The van der Waals surface area contributed by atoms with Crippen LogP contribution in [0.15, 0.2) is 24.3 Å². The Bertz CT molecular complexity index is 432. The highest BCUT2D eigenvalue weighted by Gasteiger charge is 2.63. The van der Waals surface area contributed by atoms with E-state index in [0.29, 0.717) is 3.57 Å². The number of amides is 1. The molecule has 2 nitrogen and oxygen atoms in total. The van der Waals surface area contributed by atoms with E-state index in [9.17, 15) is 26.7 Å². The van der Waals surface area contributed by atoms with Crippen LogP contribution in [0.2, 0.25) is 0 Å². The van der Waals surface area contributed by atoms with Gasteiger partial charge in [-0.1, -0.05) is 12.1 Å². The molecule has 17 heavy (non-hydrogen) atoms. The number of halogens is 6. The molecule has 0 unspecified atom stereocenters. The van der Waals surface area contributed by atoms with Crippen molar-refractivity contribution < 1.29 is 26.7 Å². The molecule has 94 valence electrons. The fraction of sp³-hybridized carbons (Fsp3) is 0.222. The smallest absolute Gasteiger partial charge is 0.320 e. The van der Waals surface area contributed by atoms with Gasteiger partial charge in [0.1, 0.15) is 0 Å². The quantitative estimate of drug-likeness (QED) is 0.632. The fourth-order valence-electron chi connectivity index (χ4n) is 0.892. The normalized spacial score (nSPS) is 12.4. The monoisotopic (exact) mass is 365 g/mol. The largest absolute Gasteiger partial charge is 0.463 e. The molecule has 0 fully saturated rings. The molecule has 0 aliphatic rings. The average Bonchev–Trinajstić information content (AvgIpc) is 2.19. The second-order valence-electron chi connectivity index (χ2n) is 3.01. The number of para-hydroxylation sites is 1. The van der Waals surface area contributed by atoms with E-state index in [1.165, 1.54) is 18.2 Å². The van der Waals surface area contributed by atoms with Gasteiger partial charge in [-0.05, 0) is 34.7 Å². The Balaban J connectivity index is 2.91. The number of benzene rings is 1. The van der Waals surface area contributed by atoms with E-state index in [1.54, 1.807) is 34.0 Å². The maximum absolute atomic E-state index is 12.6. The number of carbonyl (C=O) groups is 1. The molecule has 0 atom stereocenters. The molecule has 0 radical (unpaired) electrons. The number of hydrogen-bond acceptors (Lipinski definition) is 1. The van der Waals surface area contributed by atoms with Gasteiger partial charge in [0.25, 0.3) is 0 Å². The van der Waals surface area contributed by atoms with Crippen LogP contribution in [0.3, 0.4) is 0 Å². The third kappa shape index (κ3) is 3.05. The lowest BCUT2D eigenvalue weighted by Crippen LogP contribution is -2.47. The Hall–Kier alpha value is -0.930. The van der Waals surface area contributed by atoms with Gasteiger partial charge < -0.3 is 5.32 Å². The zero-order chi connectivity index (χ0) is 13.3. The van der Waals surface area contributed by atoms with E-state index in [4.69, 9.17) is 0 Å². The van der Waals surface area contributed by atoms with Crippen LogP contribution in [-0.2, 0) is 4.79 Å². The third-order valence-corrected chi connectivity index (χ3v) is 2.70. The summed E-state index contributed by atoms with van der Waals surface area (Å²) in [5.74, 6) is -7.81. The van der Waals surface area contributed by atoms with Crippen LogP contribution in [0.1, 0.15) is 0 Å². The van der Waals surface area contributed by atoms with Crippen LogP contribution in [0.5, 0.6) is 0 Å². The Morgan fingerprint density at radius 2 is 1.65 bits per heavy atom. The van der Waals surface area contributed by atoms with Gasteiger partial charge in [0, 0.05) is 3.57 Å². The molecule has 0 aliphatic carbocycles. The summed E-state index contributed by atoms with van der Waals surface area (Å²) in [4.78, 5) is 10.8. The Labute approximate surface area is 106 Å². The number of anilines is 1. The van der Waals surface area contributed by atoms with Crippen LogP contribution in [-0.4, -0.2) is 18.0 Å². The minimum atomic E-state index is -5.91. The summed E-state index contributed by atoms with van der Waals surface area (Å²) in [6, 6.07) is 5.65. The maximum atomic E-state index is 12.6. The van der Waals surface area contributed by atoms with Crippen molar-refractivity contribution in [2.45, 2.75) is 12.1 Å². The Kier molecular flexibility index (Phi) is 3.95. The number of nitrogens with one attached hydrogen (secondary N) is 1. The number of carbonyl (C=O) groups excluding carboxylic acids is 1. The number of alkyl halides is 5. The van der Waals surface area contributed by atoms with Gasteiger partial charge in [-0.25, -0.2) is 0 Å². The minimum absolute atomic E-state index is 0.0953. The van der Waals surface area contributed by atoms with Crippen molar-refractivity contribution in [1.29, 1.82) is 0 Å². The van der Waals surface area contributed by atoms with Crippen molar-refractivity contribution in [3.63, 3.8) is 0 Å². The minimum Gasteiger partial charge on any atom is -0.320 e. The first-order valence-corrected chi connectivity index (χ1v) is 5.24. The van der Waals surface area contributed by atoms with E-state index in [1.807, 2.05) is 0 Å². The predicted octanol–water partition coefficient (Wildman–Crippen LogP) is 3.43. The topological polar surface area (TPSA) is 29.1 Å². The molecule has 1 aromatic rings.